The second kappa shape index (κ2) is 7.39. The van der Waals surface area contributed by atoms with E-state index in [1.807, 2.05) is 0 Å². The Morgan fingerprint density at radius 1 is 1.33 bits per heavy atom. The van der Waals surface area contributed by atoms with E-state index in [0.717, 1.165) is 0 Å². The molecule has 1 aliphatic heterocycles. The molecule has 0 radical (unpaired) electrons. The molecule has 0 aliphatic carbocycles. The van der Waals surface area contributed by atoms with Crippen LogP contribution in [0.15, 0.2) is 24.3 Å². The number of nitro benzene ring substituents is 1. The number of para-hydroxylation sites is 2. The van der Waals surface area contributed by atoms with Crippen LogP contribution in [0.1, 0.15) is 12.8 Å². The fourth-order valence-electron chi connectivity index (χ4n) is 2.40. The van der Waals surface area contributed by atoms with Gasteiger partial charge in [0.2, 0.25) is 0 Å². The van der Waals surface area contributed by atoms with Crippen LogP contribution in [0.2, 0.25) is 0 Å². The number of carbonyl (C=O) groups is 2. The van der Waals surface area contributed by atoms with E-state index in [0.29, 0.717) is 6.42 Å². The topological polar surface area (TPSA) is 133 Å². The summed E-state index contributed by atoms with van der Waals surface area (Å²) in [6.07, 6.45) is 0.331. The molecular weight excluding hydrogens is 340 g/mol. The normalized spacial score (nSPS) is 18.8. The Morgan fingerprint density at radius 2 is 2.04 bits per heavy atom. The standard InChI is InChI=1S/C14H16N2O7S/c17-13(15-11-3-1-2-4-12(11)16(19)20)8-23-14(18)7-10-5-6-24(21,22)9-10/h1-4,10H,5-9H2,(H,15,17)/t10-/m0/s1. The maximum atomic E-state index is 11.7. The maximum absolute atomic E-state index is 11.7. The highest BCUT2D eigenvalue weighted by molar-refractivity contribution is 7.91. The molecule has 0 bridgehead atoms. The van der Waals surface area contributed by atoms with Crippen LogP contribution in [0, 0.1) is 16.0 Å². The van der Waals surface area contributed by atoms with E-state index in [2.05, 4.69) is 5.32 Å². The van der Waals surface area contributed by atoms with E-state index in [9.17, 15) is 28.1 Å². The molecule has 1 N–H and O–H groups in total. The first-order chi connectivity index (χ1) is 11.3. The number of carbonyl (C=O) groups excluding carboxylic acids is 2. The second-order valence-corrected chi connectivity index (χ2v) is 7.69. The van der Waals surface area contributed by atoms with E-state index in [1.54, 1.807) is 0 Å². The van der Waals surface area contributed by atoms with Crippen molar-refractivity contribution in [2.45, 2.75) is 12.8 Å². The maximum Gasteiger partial charge on any atom is 0.306 e. The third kappa shape index (κ3) is 5.01. The molecule has 10 heteroatoms. The lowest BCUT2D eigenvalue weighted by molar-refractivity contribution is -0.383. The molecule has 0 unspecified atom stereocenters. The minimum atomic E-state index is -3.08. The van der Waals surface area contributed by atoms with Gasteiger partial charge in [0, 0.05) is 12.5 Å². The smallest absolute Gasteiger partial charge is 0.306 e. The van der Waals surface area contributed by atoms with Crippen LogP contribution in [-0.2, 0) is 24.2 Å². The summed E-state index contributed by atoms with van der Waals surface area (Å²) in [5.41, 5.74) is -0.265. The Balaban J connectivity index is 1.81. The largest absolute Gasteiger partial charge is 0.456 e. The van der Waals surface area contributed by atoms with Crippen molar-refractivity contribution in [2.24, 2.45) is 5.92 Å². The molecule has 1 heterocycles. The number of nitrogens with zero attached hydrogens (tertiary/aromatic N) is 1. The van der Waals surface area contributed by atoms with E-state index in [-0.39, 0.29) is 35.2 Å². The molecule has 1 aromatic carbocycles. The number of nitrogens with one attached hydrogen (secondary N) is 1. The number of ether oxygens (including phenoxy) is 1. The van der Waals surface area contributed by atoms with E-state index in [4.69, 9.17) is 4.74 Å². The average Bonchev–Trinajstić information content (AvgIpc) is 2.84. The lowest BCUT2D eigenvalue weighted by Crippen LogP contribution is -2.22. The molecule has 1 amide bonds. The van der Waals surface area contributed by atoms with Crippen molar-refractivity contribution in [3.8, 4) is 0 Å². The average molecular weight is 356 g/mol. The summed E-state index contributed by atoms with van der Waals surface area (Å²) in [6, 6.07) is 5.59. The lowest BCUT2D eigenvalue weighted by Gasteiger charge is -2.09. The molecule has 2 rings (SSSR count). The molecule has 1 aromatic rings. The number of amides is 1. The zero-order chi connectivity index (χ0) is 17.7. The first-order valence-corrected chi connectivity index (χ1v) is 8.98. The van der Waals surface area contributed by atoms with Crippen molar-refractivity contribution < 1.29 is 27.7 Å². The van der Waals surface area contributed by atoms with Gasteiger partial charge in [0.05, 0.1) is 16.4 Å². The summed E-state index contributed by atoms with van der Waals surface area (Å²) >= 11 is 0. The molecule has 1 fully saturated rings. The molecule has 1 atom stereocenters. The fourth-order valence-corrected chi connectivity index (χ4v) is 4.26. The highest BCUT2D eigenvalue weighted by atomic mass is 32.2. The summed E-state index contributed by atoms with van der Waals surface area (Å²) in [5.74, 6) is -1.67. The molecule has 1 saturated heterocycles. The highest BCUT2D eigenvalue weighted by Gasteiger charge is 2.30. The Bertz CT molecular complexity index is 760. The number of esters is 1. The highest BCUT2D eigenvalue weighted by Crippen LogP contribution is 2.23. The van der Waals surface area contributed by atoms with Crippen LogP contribution in [0.3, 0.4) is 0 Å². The minimum absolute atomic E-state index is 0.00503. The van der Waals surface area contributed by atoms with Gasteiger partial charge in [-0.3, -0.25) is 19.7 Å². The fraction of sp³-hybridized carbons (Fsp3) is 0.429. The number of rotatable bonds is 6. The van der Waals surface area contributed by atoms with Crippen molar-refractivity contribution in [1.82, 2.24) is 0 Å². The third-order valence-electron chi connectivity index (χ3n) is 3.52. The summed E-state index contributed by atoms with van der Waals surface area (Å²) < 4.78 is 27.4. The van der Waals surface area contributed by atoms with Gasteiger partial charge in [-0.05, 0) is 18.4 Å². The summed E-state index contributed by atoms with van der Waals surface area (Å²) in [6.45, 7) is -0.593. The second-order valence-electron chi connectivity index (χ2n) is 5.46. The zero-order valence-electron chi connectivity index (χ0n) is 12.6. The van der Waals surface area contributed by atoms with Crippen molar-refractivity contribution in [3.05, 3.63) is 34.4 Å². The van der Waals surface area contributed by atoms with E-state index >= 15 is 0 Å². The minimum Gasteiger partial charge on any atom is -0.456 e. The molecule has 1 aliphatic rings. The van der Waals surface area contributed by atoms with Crippen molar-refractivity contribution in [3.63, 3.8) is 0 Å². The van der Waals surface area contributed by atoms with Crippen molar-refractivity contribution in [1.29, 1.82) is 0 Å². The third-order valence-corrected chi connectivity index (χ3v) is 5.36. The Kier molecular flexibility index (Phi) is 5.50. The van der Waals surface area contributed by atoms with E-state index < -0.39 is 33.2 Å². The molecule has 24 heavy (non-hydrogen) atoms. The zero-order valence-corrected chi connectivity index (χ0v) is 13.5. The first kappa shape index (κ1) is 17.9. The predicted molar refractivity (Wildman–Crippen MR) is 84.1 cm³/mol. The SMILES string of the molecule is O=C(COC(=O)C[C@@H]1CCS(=O)(=O)C1)Nc1ccccc1[N+](=O)[O-]. The Hall–Kier alpha value is -2.49. The number of hydrogen-bond donors (Lipinski definition) is 1. The summed E-state index contributed by atoms with van der Waals surface area (Å²) in [7, 11) is -3.08. The Morgan fingerprint density at radius 3 is 2.67 bits per heavy atom. The molecule has 0 aromatic heterocycles. The number of sulfone groups is 1. The molecule has 130 valence electrons. The quantitative estimate of drug-likeness (QED) is 0.455. The summed E-state index contributed by atoms with van der Waals surface area (Å²) in [5, 5.41) is 13.1. The first-order valence-electron chi connectivity index (χ1n) is 7.16. The van der Waals surface area contributed by atoms with Gasteiger partial charge < -0.3 is 10.1 Å². The monoisotopic (exact) mass is 356 g/mol. The van der Waals surface area contributed by atoms with Gasteiger partial charge in [-0.25, -0.2) is 8.42 Å². The van der Waals surface area contributed by atoms with Gasteiger partial charge >= 0.3 is 5.97 Å². The summed E-state index contributed by atoms with van der Waals surface area (Å²) in [4.78, 5) is 33.6. The molecule has 0 saturated carbocycles. The number of anilines is 1. The van der Waals surface area contributed by atoms with Gasteiger partial charge in [0.25, 0.3) is 11.6 Å². The van der Waals surface area contributed by atoms with Gasteiger partial charge in [-0.2, -0.15) is 0 Å². The van der Waals surface area contributed by atoms with Crippen LogP contribution >= 0.6 is 0 Å². The molecular formula is C14H16N2O7S. The number of hydrogen-bond acceptors (Lipinski definition) is 7. The van der Waals surface area contributed by atoms with Gasteiger partial charge in [-0.15, -0.1) is 0 Å². The van der Waals surface area contributed by atoms with Crippen LogP contribution in [0.25, 0.3) is 0 Å². The van der Waals surface area contributed by atoms with Crippen LogP contribution < -0.4 is 5.32 Å². The van der Waals surface area contributed by atoms with Crippen LogP contribution in [0.4, 0.5) is 11.4 Å². The van der Waals surface area contributed by atoms with Crippen LogP contribution in [-0.4, -0.2) is 43.3 Å². The van der Waals surface area contributed by atoms with Gasteiger partial charge in [0.1, 0.15) is 5.69 Å². The van der Waals surface area contributed by atoms with Gasteiger partial charge in [-0.1, -0.05) is 12.1 Å². The van der Waals surface area contributed by atoms with Crippen molar-refractivity contribution in [2.75, 3.05) is 23.4 Å². The molecule has 9 nitrogen and oxygen atoms in total. The van der Waals surface area contributed by atoms with E-state index in [1.165, 1.54) is 24.3 Å². The van der Waals surface area contributed by atoms with Crippen LogP contribution in [0.5, 0.6) is 0 Å². The number of benzene rings is 1. The van der Waals surface area contributed by atoms with Gasteiger partial charge in [0.15, 0.2) is 16.4 Å². The Labute approximate surface area is 138 Å². The predicted octanol–water partition coefficient (Wildman–Crippen LogP) is 0.901. The lowest BCUT2D eigenvalue weighted by atomic mass is 10.1. The van der Waals surface area contributed by atoms with Crippen molar-refractivity contribution >= 4 is 33.1 Å². The number of nitro groups is 1. The molecule has 0 spiro atoms.